The highest BCUT2D eigenvalue weighted by molar-refractivity contribution is 5.97. The molecule has 1 aliphatic carbocycles. The lowest BCUT2D eigenvalue weighted by Gasteiger charge is -2.15. The van der Waals surface area contributed by atoms with Gasteiger partial charge >= 0.3 is 5.97 Å². The number of para-hydroxylation sites is 1. The summed E-state index contributed by atoms with van der Waals surface area (Å²) in [5.74, 6) is -0.877. The van der Waals surface area contributed by atoms with Crippen LogP contribution < -0.4 is 5.32 Å². The van der Waals surface area contributed by atoms with Gasteiger partial charge in [0, 0.05) is 24.1 Å². The molecule has 1 atom stereocenters. The van der Waals surface area contributed by atoms with E-state index < -0.39 is 12.1 Å². The average molecular weight is 399 g/mol. The van der Waals surface area contributed by atoms with E-state index in [9.17, 15) is 9.59 Å². The fraction of sp³-hybridized carbons (Fsp3) is 0.478. The third kappa shape index (κ3) is 5.48. The van der Waals surface area contributed by atoms with Crippen LogP contribution in [0.15, 0.2) is 40.3 Å². The van der Waals surface area contributed by atoms with Crippen molar-refractivity contribution in [3.63, 3.8) is 0 Å². The smallest absolute Gasteiger partial charge is 0.375 e. The van der Waals surface area contributed by atoms with Crippen molar-refractivity contribution in [3.05, 3.63) is 47.2 Å². The zero-order chi connectivity index (χ0) is 20.6. The highest BCUT2D eigenvalue weighted by Crippen LogP contribution is 2.27. The predicted octanol–water partition coefficient (Wildman–Crippen LogP) is 4.52. The molecule has 0 spiro atoms. The number of nitrogens with one attached hydrogen (secondary N) is 1. The highest BCUT2D eigenvalue weighted by Gasteiger charge is 2.25. The molecule has 0 saturated carbocycles. The maximum Gasteiger partial charge on any atom is 0.375 e. The summed E-state index contributed by atoms with van der Waals surface area (Å²) in [6.07, 6.45) is 6.89. The molecule has 0 aliphatic heterocycles. The summed E-state index contributed by atoms with van der Waals surface area (Å²) >= 11 is 0. The topological polar surface area (TPSA) is 77.8 Å². The molecular weight excluding hydrogens is 370 g/mol. The van der Waals surface area contributed by atoms with Gasteiger partial charge in [-0.25, -0.2) is 4.79 Å². The minimum atomic E-state index is -0.906. The summed E-state index contributed by atoms with van der Waals surface area (Å²) in [4.78, 5) is 25.0. The van der Waals surface area contributed by atoms with Crippen LogP contribution >= 0.6 is 0 Å². The largest absolute Gasteiger partial charge is 0.449 e. The Morgan fingerprint density at radius 2 is 2.07 bits per heavy atom. The first-order chi connectivity index (χ1) is 14.1. The van der Waals surface area contributed by atoms with Crippen LogP contribution in [0.4, 0.5) is 0 Å². The second-order valence-corrected chi connectivity index (χ2v) is 7.24. The summed E-state index contributed by atoms with van der Waals surface area (Å²) in [6.45, 7) is 4.76. The van der Waals surface area contributed by atoms with Gasteiger partial charge in [-0.05, 0) is 52.0 Å². The van der Waals surface area contributed by atoms with Crippen molar-refractivity contribution < 1.29 is 23.5 Å². The van der Waals surface area contributed by atoms with Crippen LogP contribution in [0.2, 0.25) is 0 Å². The molecule has 1 aliphatic rings. The minimum Gasteiger partial charge on any atom is -0.449 e. The van der Waals surface area contributed by atoms with Gasteiger partial charge in [-0.2, -0.15) is 0 Å². The van der Waals surface area contributed by atoms with Crippen LogP contribution in [0.25, 0.3) is 11.0 Å². The van der Waals surface area contributed by atoms with E-state index >= 15 is 0 Å². The van der Waals surface area contributed by atoms with Gasteiger partial charge in [0.05, 0.1) is 6.61 Å². The molecule has 29 heavy (non-hydrogen) atoms. The highest BCUT2D eigenvalue weighted by atomic mass is 16.6. The molecule has 1 amide bonds. The Morgan fingerprint density at radius 1 is 1.24 bits per heavy atom. The standard InChI is InChI=1S/C23H29NO5/c1-3-27-15-19-18-11-7-8-12-20(18)29-21(19)23(26)28-16(2)22(25)24-14-13-17-9-5-4-6-10-17/h7-9,11-12,16H,3-6,10,13-15H2,1-2H3,(H,24,25)/t16-/m1/s1. The van der Waals surface area contributed by atoms with Crippen molar-refractivity contribution in [1.29, 1.82) is 0 Å². The van der Waals surface area contributed by atoms with Crippen molar-refractivity contribution in [2.75, 3.05) is 13.2 Å². The molecule has 0 radical (unpaired) electrons. The molecule has 2 aromatic rings. The van der Waals surface area contributed by atoms with Crippen LogP contribution in [-0.4, -0.2) is 31.1 Å². The minimum absolute atomic E-state index is 0.0895. The molecule has 0 unspecified atom stereocenters. The van der Waals surface area contributed by atoms with Gasteiger partial charge in [0.25, 0.3) is 5.91 Å². The zero-order valence-corrected chi connectivity index (χ0v) is 17.2. The van der Waals surface area contributed by atoms with Crippen LogP contribution in [-0.2, 0) is 20.9 Å². The van der Waals surface area contributed by atoms with E-state index in [1.54, 1.807) is 13.0 Å². The number of ether oxygens (including phenoxy) is 2. The summed E-state index contributed by atoms with van der Waals surface area (Å²) in [5.41, 5.74) is 2.63. The zero-order valence-electron chi connectivity index (χ0n) is 17.2. The predicted molar refractivity (Wildman–Crippen MR) is 111 cm³/mol. The number of carbonyl (C=O) groups is 2. The van der Waals surface area contributed by atoms with E-state index in [4.69, 9.17) is 13.9 Å². The monoisotopic (exact) mass is 399 g/mol. The average Bonchev–Trinajstić information content (AvgIpc) is 3.11. The summed E-state index contributed by atoms with van der Waals surface area (Å²) < 4.78 is 16.6. The maximum absolute atomic E-state index is 12.7. The number of amides is 1. The lowest BCUT2D eigenvalue weighted by Crippen LogP contribution is -2.36. The van der Waals surface area contributed by atoms with Crippen molar-refractivity contribution in [2.45, 2.75) is 58.7 Å². The Kier molecular flexibility index (Phi) is 7.47. The van der Waals surface area contributed by atoms with Crippen molar-refractivity contribution in [2.24, 2.45) is 0 Å². The lowest BCUT2D eigenvalue weighted by atomic mass is 9.97. The normalized spacial score (nSPS) is 15.0. The van der Waals surface area contributed by atoms with Gasteiger partial charge in [-0.3, -0.25) is 4.79 Å². The molecule has 1 N–H and O–H groups in total. The summed E-state index contributed by atoms with van der Waals surface area (Å²) in [7, 11) is 0. The molecule has 0 saturated heterocycles. The van der Waals surface area contributed by atoms with Gasteiger partial charge in [-0.15, -0.1) is 0 Å². The number of esters is 1. The van der Waals surface area contributed by atoms with Crippen molar-refractivity contribution >= 4 is 22.8 Å². The molecule has 1 aromatic heterocycles. The van der Waals surface area contributed by atoms with Gasteiger partial charge in [0.15, 0.2) is 6.10 Å². The number of carbonyl (C=O) groups excluding carboxylic acids is 2. The number of fused-ring (bicyclic) bond motifs is 1. The fourth-order valence-corrected chi connectivity index (χ4v) is 3.50. The van der Waals surface area contributed by atoms with Gasteiger partial charge in [-0.1, -0.05) is 29.8 Å². The van der Waals surface area contributed by atoms with Crippen LogP contribution in [0, 0.1) is 0 Å². The number of hydrogen-bond acceptors (Lipinski definition) is 5. The van der Waals surface area contributed by atoms with Gasteiger partial charge < -0.3 is 19.2 Å². The van der Waals surface area contributed by atoms with Gasteiger partial charge in [0.2, 0.25) is 5.76 Å². The van der Waals surface area contributed by atoms with E-state index in [1.165, 1.54) is 18.4 Å². The number of allylic oxidation sites excluding steroid dienone is 1. The molecule has 1 aromatic carbocycles. The fourth-order valence-electron chi connectivity index (χ4n) is 3.50. The molecular formula is C23H29NO5. The first kappa shape index (κ1) is 21.1. The first-order valence-corrected chi connectivity index (χ1v) is 10.3. The summed E-state index contributed by atoms with van der Waals surface area (Å²) in [5, 5.41) is 3.66. The molecule has 1 heterocycles. The number of rotatable bonds is 9. The third-order valence-electron chi connectivity index (χ3n) is 5.12. The van der Waals surface area contributed by atoms with Crippen molar-refractivity contribution in [3.8, 4) is 0 Å². The van der Waals surface area contributed by atoms with E-state index in [1.807, 2.05) is 25.1 Å². The van der Waals surface area contributed by atoms with Gasteiger partial charge in [0.1, 0.15) is 5.58 Å². The molecule has 0 fully saturated rings. The van der Waals surface area contributed by atoms with Crippen LogP contribution in [0.1, 0.15) is 62.1 Å². The number of hydrogen-bond donors (Lipinski definition) is 1. The quantitative estimate of drug-likeness (QED) is 0.495. The molecule has 156 valence electrons. The second kappa shape index (κ2) is 10.3. The maximum atomic E-state index is 12.7. The lowest BCUT2D eigenvalue weighted by molar-refractivity contribution is -0.129. The molecule has 0 bridgehead atoms. The molecule has 6 heteroatoms. The number of benzene rings is 1. The Hall–Kier alpha value is -2.60. The Morgan fingerprint density at radius 3 is 2.83 bits per heavy atom. The van der Waals surface area contributed by atoms with E-state index in [2.05, 4.69) is 11.4 Å². The second-order valence-electron chi connectivity index (χ2n) is 7.24. The number of furan rings is 1. The van der Waals surface area contributed by atoms with E-state index in [-0.39, 0.29) is 18.3 Å². The summed E-state index contributed by atoms with van der Waals surface area (Å²) in [6, 6.07) is 7.38. The Bertz CT molecular complexity index is 883. The third-order valence-corrected chi connectivity index (χ3v) is 5.12. The Balaban J connectivity index is 1.60. The first-order valence-electron chi connectivity index (χ1n) is 10.3. The van der Waals surface area contributed by atoms with E-state index in [0.29, 0.717) is 24.3 Å². The van der Waals surface area contributed by atoms with Crippen LogP contribution in [0.3, 0.4) is 0 Å². The SMILES string of the molecule is CCOCc1c(C(=O)O[C@H](C)C(=O)NCCC2=CCCCC2)oc2ccccc12. The van der Waals surface area contributed by atoms with E-state index in [0.717, 1.165) is 24.6 Å². The van der Waals surface area contributed by atoms with Crippen molar-refractivity contribution in [1.82, 2.24) is 5.32 Å². The van der Waals surface area contributed by atoms with Crippen LogP contribution in [0.5, 0.6) is 0 Å². The molecule has 3 rings (SSSR count). The molecule has 6 nitrogen and oxygen atoms in total. The Labute approximate surface area is 171 Å².